The van der Waals surface area contributed by atoms with Crippen molar-refractivity contribution in [2.75, 3.05) is 17.1 Å². The molecule has 0 heterocycles. The molecule has 32 heavy (non-hydrogen) atoms. The normalized spacial score (nSPS) is 11.6. The van der Waals surface area contributed by atoms with E-state index in [9.17, 15) is 26.4 Å². The van der Waals surface area contributed by atoms with Crippen LogP contribution in [0.2, 0.25) is 0 Å². The third kappa shape index (κ3) is 6.01. The monoisotopic (exact) mass is 464 g/mol. The van der Waals surface area contributed by atoms with Crippen LogP contribution in [0.5, 0.6) is 5.75 Å². The SMILES string of the molecule is COc1ccc(NC(=O)Cc2ccc(NS(=O)(=O)c3cccc(C(F)(F)F)c3)cc2)cc1. The van der Waals surface area contributed by atoms with Crippen LogP contribution < -0.4 is 14.8 Å². The van der Waals surface area contributed by atoms with E-state index >= 15 is 0 Å². The first kappa shape index (κ1) is 23.1. The van der Waals surface area contributed by atoms with E-state index in [1.807, 2.05) is 0 Å². The minimum Gasteiger partial charge on any atom is -0.497 e. The summed E-state index contributed by atoms with van der Waals surface area (Å²) in [6.45, 7) is 0. The van der Waals surface area contributed by atoms with Crippen LogP contribution in [0.1, 0.15) is 11.1 Å². The molecule has 0 atom stereocenters. The van der Waals surface area contributed by atoms with Crippen molar-refractivity contribution in [1.29, 1.82) is 0 Å². The van der Waals surface area contributed by atoms with E-state index in [4.69, 9.17) is 4.74 Å². The van der Waals surface area contributed by atoms with Crippen LogP contribution >= 0.6 is 0 Å². The smallest absolute Gasteiger partial charge is 0.416 e. The van der Waals surface area contributed by atoms with Gasteiger partial charge in [-0.05, 0) is 60.2 Å². The van der Waals surface area contributed by atoms with E-state index in [-0.39, 0.29) is 18.0 Å². The Morgan fingerprint density at radius 1 is 0.938 bits per heavy atom. The lowest BCUT2D eigenvalue weighted by Gasteiger charge is -2.11. The summed E-state index contributed by atoms with van der Waals surface area (Å²) in [4.78, 5) is 11.7. The topological polar surface area (TPSA) is 84.5 Å². The molecular formula is C22H19F3N2O4S. The number of nitrogens with one attached hydrogen (secondary N) is 2. The first-order chi connectivity index (χ1) is 15.1. The molecule has 2 N–H and O–H groups in total. The standard InChI is InChI=1S/C22H19F3N2O4S/c1-31-19-11-9-17(10-12-19)26-21(28)13-15-5-7-18(8-6-15)27-32(29,30)20-4-2-3-16(14-20)22(23,24)25/h2-12,14,27H,13H2,1H3,(H,26,28). The Bertz CT molecular complexity index is 1190. The molecule has 6 nitrogen and oxygen atoms in total. The van der Waals surface area contributed by atoms with Crippen molar-refractivity contribution < 1.29 is 31.1 Å². The Balaban J connectivity index is 1.64. The fraction of sp³-hybridized carbons (Fsp3) is 0.136. The number of halogens is 3. The molecule has 0 spiro atoms. The van der Waals surface area contributed by atoms with Crippen LogP contribution in [0.25, 0.3) is 0 Å². The fourth-order valence-corrected chi connectivity index (χ4v) is 3.91. The molecule has 0 radical (unpaired) electrons. The lowest BCUT2D eigenvalue weighted by molar-refractivity contribution is -0.137. The van der Waals surface area contributed by atoms with Gasteiger partial charge in [0.25, 0.3) is 10.0 Å². The van der Waals surface area contributed by atoms with E-state index < -0.39 is 26.7 Å². The largest absolute Gasteiger partial charge is 0.497 e. The highest BCUT2D eigenvalue weighted by atomic mass is 32.2. The Kier molecular flexibility index (Phi) is 6.73. The molecule has 10 heteroatoms. The Morgan fingerprint density at radius 2 is 1.56 bits per heavy atom. The first-order valence-electron chi connectivity index (χ1n) is 9.30. The number of hydrogen-bond donors (Lipinski definition) is 2. The number of methoxy groups -OCH3 is 1. The highest BCUT2D eigenvalue weighted by molar-refractivity contribution is 7.92. The molecule has 1 amide bonds. The van der Waals surface area contributed by atoms with Crippen molar-refractivity contribution >= 4 is 27.3 Å². The molecule has 0 aliphatic heterocycles. The van der Waals surface area contributed by atoms with Gasteiger partial charge < -0.3 is 10.1 Å². The van der Waals surface area contributed by atoms with E-state index in [1.165, 1.54) is 19.2 Å². The zero-order chi connectivity index (χ0) is 23.4. The summed E-state index contributed by atoms with van der Waals surface area (Å²) in [7, 11) is -2.68. The van der Waals surface area contributed by atoms with Crippen molar-refractivity contribution in [2.45, 2.75) is 17.5 Å². The van der Waals surface area contributed by atoms with Gasteiger partial charge in [-0.25, -0.2) is 8.42 Å². The highest BCUT2D eigenvalue weighted by Crippen LogP contribution is 2.31. The van der Waals surface area contributed by atoms with Crippen LogP contribution in [0.4, 0.5) is 24.5 Å². The molecule has 3 aromatic carbocycles. The zero-order valence-electron chi connectivity index (χ0n) is 16.8. The highest BCUT2D eigenvalue weighted by Gasteiger charge is 2.31. The van der Waals surface area contributed by atoms with Crippen molar-refractivity contribution in [3.63, 3.8) is 0 Å². The van der Waals surface area contributed by atoms with Crippen LogP contribution in [0.15, 0.2) is 77.7 Å². The van der Waals surface area contributed by atoms with Gasteiger partial charge in [0, 0.05) is 11.4 Å². The van der Waals surface area contributed by atoms with E-state index in [0.717, 1.165) is 18.2 Å². The quantitative estimate of drug-likeness (QED) is 0.531. The zero-order valence-corrected chi connectivity index (χ0v) is 17.6. The first-order valence-corrected chi connectivity index (χ1v) is 10.8. The third-order valence-corrected chi connectivity index (χ3v) is 5.80. The molecule has 0 fully saturated rings. The summed E-state index contributed by atoms with van der Waals surface area (Å²) in [5.41, 5.74) is 0.319. The lowest BCUT2D eigenvalue weighted by atomic mass is 10.1. The van der Waals surface area contributed by atoms with Gasteiger partial charge in [-0.2, -0.15) is 13.2 Å². The van der Waals surface area contributed by atoms with Crippen LogP contribution in [-0.4, -0.2) is 21.4 Å². The van der Waals surface area contributed by atoms with Crippen LogP contribution in [-0.2, 0) is 27.4 Å². The summed E-state index contributed by atoms with van der Waals surface area (Å²) in [5, 5.41) is 2.74. The number of hydrogen-bond acceptors (Lipinski definition) is 4. The predicted octanol–water partition coefficient (Wildman–Crippen LogP) is 4.70. The molecule has 3 rings (SSSR count). The van der Waals surface area contributed by atoms with Gasteiger partial charge >= 0.3 is 6.18 Å². The van der Waals surface area contributed by atoms with E-state index in [2.05, 4.69) is 10.0 Å². The van der Waals surface area contributed by atoms with Crippen molar-refractivity contribution in [2.24, 2.45) is 0 Å². The maximum absolute atomic E-state index is 12.8. The van der Waals surface area contributed by atoms with Crippen molar-refractivity contribution in [3.8, 4) is 5.75 Å². The number of amides is 1. The summed E-state index contributed by atoms with van der Waals surface area (Å²) >= 11 is 0. The van der Waals surface area contributed by atoms with Gasteiger partial charge in [0.1, 0.15) is 5.75 Å². The molecule has 0 saturated heterocycles. The van der Waals surface area contributed by atoms with Crippen molar-refractivity contribution in [3.05, 3.63) is 83.9 Å². The molecule has 3 aromatic rings. The number of ether oxygens (including phenoxy) is 1. The Hall–Kier alpha value is -3.53. The van der Waals surface area contributed by atoms with Gasteiger partial charge in [-0.1, -0.05) is 18.2 Å². The number of carbonyl (C=O) groups is 1. The summed E-state index contributed by atoms with van der Waals surface area (Å²) in [6, 6.07) is 16.3. The number of benzene rings is 3. The molecule has 0 aromatic heterocycles. The van der Waals surface area contributed by atoms with Gasteiger partial charge in [0.05, 0.1) is 24.0 Å². The lowest BCUT2D eigenvalue weighted by Crippen LogP contribution is -2.15. The molecule has 0 saturated carbocycles. The average molecular weight is 464 g/mol. The molecule has 168 valence electrons. The molecular weight excluding hydrogens is 445 g/mol. The summed E-state index contributed by atoms with van der Waals surface area (Å²) in [5.74, 6) is 0.388. The number of rotatable bonds is 7. The van der Waals surface area contributed by atoms with Crippen LogP contribution in [0.3, 0.4) is 0 Å². The van der Waals surface area contributed by atoms with Gasteiger partial charge in [0.2, 0.25) is 5.91 Å². The maximum Gasteiger partial charge on any atom is 0.416 e. The Labute approximate surface area is 183 Å². The average Bonchev–Trinajstić information content (AvgIpc) is 2.75. The maximum atomic E-state index is 12.8. The minimum absolute atomic E-state index is 0.0483. The van der Waals surface area contributed by atoms with Crippen LogP contribution in [0, 0.1) is 0 Å². The Morgan fingerprint density at radius 3 is 2.16 bits per heavy atom. The van der Waals surface area contributed by atoms with E-state index in [0.29, 0.717) is 23.1 Å². The van der Waals surface area contributed by atoms with Crippen molar-refractivity contribution in [1.82, 2.24) is 0 Å². The number of alkyl halides is 3. The second-order valence-corrected chi connectivity index (χ2v) is 8.46. The van der Waals surface area contributed by atoms with Gasteiger partial charge in [-0.15, -0.1) is 0 Å². The van der Waals surface area contributed by atoms with Gasteiger partial charge in [-0.3, -0.25) is 9.52 Å². The minimum atomic E-state index is -4.65. The van der Waals surface area contributed by atoms with E-state index in [1.54, 1.807) is 36.4 Å². The molecule has 0 unspecified atom stereocenters. The molecule has 0 aliphatic carbocycles. The summed E-state index contributed by atoms with van der Waals surface area (Å²) < 4.78 is 70.7. The third-order valence-electron chi connectivity index (χ3n) is 4.42. The van der Waals surface area contributed by atoms with Gasteiger partial charge in [0.15, 0.2) is 0 Å². The summed E-state index contributed by atoms with van der Waals surface area (Å²) in [6.07, 6.45) is -4.60. The molecule has 0 bridgehead atoms. The second-order valence-electron chi connectivity index (χ2n) is 6.78. The number of sulfonamides is 1. The fourth-order valence-electron chi connectivity index (χ4n) is 2.81. The number of anilines is 2. The predicted molar refractivity (Wildman–Crippen MR) is 114 cm³/mol. The molecule has 0 aliphatic rings. The second kappa shape index (κ2) is 9.31. The number of carbonyl (C=O) groups excluding carboxylic acids is 1.